The maximum absolute atomic E-state index is 16.7. The Morgan fingerprint density at radius 3 is 2.67 bits per heavy atom. The lowest BCUT2D eigenvalue weighted by atomic mass is 9.89. The molecule has 7 rings (SSSR count). The zero-order chi connectivity index (χ0) is 22.6. The fourth-order valence-corrected chi connectivity index (χ4v) is 5.93. The van der Waals surface area contributed by atoms with Gasteiger partial charge in [-0.15, -0.1) is 10.2 Å². The van der Waals surface area contributed by atoms with Crippen LogP contribution in [0, 0.1) is 18.6 Å². The molecule has 0 spiro atoms. The molecule has 2 aliphatic carbocycles. The molecule has 4 aromatic rings. The van der Waals surface area contributed by atoms with Crippen LogP contribution in [0.5, 0.6) is 0 Å². The third-order valence-electron chi connectivity index (χ3n) is 7.54. The van der Waals surface area contributed by atoms with E-state index in [1.807, 2.05) is 37.6 Å². The van der Waals surface area contributed by atoms with E-state index in [4.69, 9.17) is 0 Å². The van der Waals surface area contributed by atoms with Gasteiger partial charge in [0.05, 0.1) is 16.7 Å². The number of hydrogen-bond acceptors (Lipinski definition) is 3. The van der Waals surface area contributed by atoms with Crippen molar-refractivity contribution in [3.63, 3.8) is 0 Å². The second-order valence-corrected chi connectivity index (χ2v) is 10.2. The number of fused-ring (bicyclic) bond motifs is 6. The molecule has 0 unspecified atom stereocenters. The monoisotopic (exact) mass is 445 g/mol. The van der Waals surface area contributed by atoms with Gasteiger partial charge in [-0.2, -0.15) is 0 Å². The highest BCUT2D eigenvalue weighted by molar-refractivity contribution is 5.98. The van der Waals surface area contributed by atoms with Gasteiger partial charge in [-0.05, 0) is 87.8 Å². The van der Waals surface area contributed by atoms with Gasteiger partial charge in [0.2, 0.25) is 0 Å². The van der Waals surface area contributed by atoms with Crippen molar-refractivity contribution in [2.75, 3.05) is 5.32 Å². The summed E-state index contributed by atoms with van der Waals surface area (Å²) >= 11 is 0. The molecule has 0 amide bonds. The van der Waals surface area contributed by atoms with Crippen LogP contribution in [0.15, 0.2) is 24.4 Å². The Balaban J connectivity index is 1.58. The molecular weight excluding hydrogens is 420 g/mol. The molecule has 0 radical (unpaired) electrons. The first-order chi connectivity index (χ1) is 15.8. The van der Waals surface area contributed by atoms with Crippen LogP contribution in [0.2, 0.25) is 0 Å². The number of aromatic nitrogens is 4. The topological polar surface area (TPSA) is 47.7 Å². The van der Waals surface area contributed by atoms with E-state index >= 15 is 4.39 Å². The molecule has 0 atom stereocenters. The van der Waals surface area contributed by atoms with Crippen LogP contribution in [-0.4, -0.2) is 19.3 Å². The largest absolute Gasteiger partial charge is 0.371 e. The Kier molecular flexibility index (Phi) is 3.63. The van der Waals surface area contributed by atoms with Gasteiger partial charge in [0, 0.05) is 23.2 Å². The average molecular weight is 446 g/mol. The number of rotatable bonds is 2. The summed E-state index contributed by atoms with van der Waals surface area (Å²) in [6.45, 7) is 5.93. The molecule has 7 heteroatoms. The summed E-state index contributed by atoms with van der Waals surface area (Å²) in [6, 6.07) is 5.52. The number of halogens is 2. The summed E-state index contributed by atoms with van der Waals surface area (Å²) in [5.74, 6) is 0.665. The van der Waals surface area contributed by atoms with E-state index in [1.165, 1.54) is 6.07 Å². The van der Waals surface area contributed by atoms with Crippen molar-refractivity contribution in [2.45, 2.75) is 64.5 Å². The molecule has 3 aliphatic rings. The average Bonchev–Trinajstić information content (AvgIpc) is 3.15. The zero-order valence-electron chi connectivity index (χ0n) is 19.0. The number of aryl methyl sites for hydroxylation is 1. The fraction of sp³-hybridized carbons (Fsp3) is 0.385. The van der Waals surface area contributed by atoms with Crippen molar-refractivity contribution in [1.29, 1.82) is 0 Å². The minimum atomic E-state index is -0.480. The molecule has 0 bridgehead atoms. The van der Waals surface area contributed by atoms with Gasteiger partial charge in [-0.3, -0.25) is 4.57 Å². The van der Waals surface area contributed by atoms with Gasteiger partial charge in [-0.1, -0.05) is 0 Å². The Labute approximate surface area is 190 Å². The summed E-state index contributed by atoms with van der Waals surface area (Å²) in [7, 11) is 0. The van der Waals surface area contributed by atoms with Crippen molar-refractivity contribution in [1.82, 2.24) is 19.3 Å². The first-order valence-corrected chi connectivity index (χ1v) is 11.7. The highest BCUT2D eigenvalue weighted by Crippen LogP contribution is 2.49. The van der Waals surface area contributed by atoms with Crippen LogP contribution in [0.4, 0.5) is 14.5 Å². The molecule has 3 heterocycles. The maximum atomic E-state index is 16.7. The van der Waals surface area contributed by atoms with Gasteiger partial charge in [0.1, 0.15) is 17.3 Å². The standard InChI is InChI=1S/C26H25F2N5/c1-13-30-31-25-26(2,3)29-23-18-6-4-5-17(18)21(22(28)24(23)33(13)25)19-11-14(27)12-20-16(19)9-10-32(20)15-7-8-15/h9-12,15,29H,4-8H2,1-3H3. The second kappa shape index (κ2) is 6.22. The summed E-state index contributed by atoms with van der Waals surface area (Å²) in [5.41, 5.74) is 4.94. The van der Waals surface area contributed by atoms with E-state index in [9.17, 15) is 4.39 Å². The molecule has 33 heavy (non-hydrogen) atoms. The third kappa shape index (κ3) is 2.50. The molecule has 1 fully saturated rings. The minimum absolute atomic E-state index is 0.330. The van der Waals surface area contributed by atoms with Crippen molar-refractivity contribution in [3.05, 3.63) is 58.8 Å². The lowest BCUT2D eigenvalue weighted by Gasteiger charge is -2.36. The third-order valence-corrected chi connectivity index (χ3v) is 7.54. The Morgan fingerprint density at radius 1 is 1.09 bits per heavy atom. The van der Waals surface area contributed by atoms with Crippen LogP contribution in [0.25, 0.3) is 27.7 Å². The SMILES string of the molecule is Cc1nnc2n1-c1c(F)c(-c3cc(F)cc4c3ccn4C3CC3)c3c(c1NC2(C)C)CCC3. The molecule has 1 N–H and O–H groups in total. The van der Waals surface area contributed by atoms with E-state index in [1.54, 1.807) is 6.07 Å². The summed E-state index contributed by atoms with van der Waals surface area (Å²) in [4.78, 5) is 0. The first-order valence-electron chi connectivity index (χ1n) is 11.7. The minimum Gasteiger partial charge on any atom is -0.371 e. The van der Waals surface area contributed by atoms with Crippen molar-refractivity contribution in [3.8, 4) is 16.8 Å². The van der Waals surface area contributed by atoms with Crippen LogP contribution in [0.3, 0.4) is 0 Å². The number of nitrogens with one attached hydrogen (secondary N) is 1. The molecule has 2 aromatic carbocycles. The van der Waals surface area contributed by atoms with Crippen molar-refractivity contribution < 1.29 is 8.78 Å². The zero-order valence-corrected chi connectivity index (χ0v) is 19.0. The van der Waals surface area contributed by atoms with E-state index in [2.05, 4.69) is 20.1 Å². The summed E-state index contributed by atoms with van der Waals surface area (Å²) < 4.78 is 35.6. The van der Waals surface area contributed by atoms with E-state index in [0.29, 0.717) is 34.5 Å². The lowest BCUT2D eigenvalue weighted by Crippen LogP contribution is -2.37. The first kappa shape index (κ1) is 19.3. The molecular formula is C26H25F2N5. The molecule has 1 saturated carbocycles. The second-order valence-electron chi connectivity index (χ2n) is 10.2. The molecule has 1 aliphatic heterocycles. The normalized spacial score (nSPS) is 18.2. The van der Waals surface area contributed by atoms with E-state index in [-0.39, 0.29) is 11.6 Å². The fourth-order valence-electron chi connectivity index (χ4n) is 5.93. The van der Waals surface area contributed by atoms with Gasteiger partial charge < -0.3 is 9.88 Å². The molecule has 5 nitrogen and oxygen atoms in total. The molecule has 0 saturated heterocycles. The number of benzene rings is 2. The number of hydrogen-bond donors (Lipinski definition) is 1. The highest BCUT2D eigenvalue weighted by Gasteiger charge is 2.40. The van der Waals surface area contributed by atoms with Gasteiger partial charge in [0.25, 0.3) is 0 Å². The Hall–Kier alpha value is -3.22. The molecule has 168 valence electrons. The predicted molar refractivity (Wildman–Crippen MR) is 124 cm³/mol. The Bertz CT molecular complexity index is 1490. The van der Waals surface area contributed by atoms with Gasteiger partial charge in [0.15, 0.2) is 11.6 Å². The smallest absolute Gasteiger partial charge is 0.162 e. The van der Waals surface area contributed by atoms with Crippen molar-refractivity contribution >= 4 is 16.6 Å². The maximum Gasteiger partial charge on any atom is 0.162 e. The van der Waals surface area contributed by atoms with E-state index < -0.39 is 5.54 Å². The summed E-state index contributed by atoms with van der Waals surface area (Å²) in [6.07, 6.45) is 6.84. The lowest BCUT2D eigenvalue weighted by molar-refractivity contribution is 0.521. The van der Waals surface area contributed by atoms with Crippen LogP contribution in [0.1, 0.15) is 61.9 Å². The Morgan fingerprint density at radius 2 is 1.88 bits per heavy atom. The van der Waals surface area contributed by atoms with Gasteiger partial charge >= 0.3 is 0 Å². The highest BCUT2D eigenvalue weighted by atomic mass is 19.1. The number of anilines is 1. The van der Waals surface area contributed by atoms with E-state index in [0.717, 1.165) is 59.8 Å². The van der Waals surface area contributed by atoms with Crippen LogP contribution >= 0.6 is 0 Å². The van der Waals surface area contributed by atoms with Crippen LogP contribution < -0.4 is 5.32 Å². The quantitative estimate of drug-likeness (QED) is 0.414. The predicted octanol–water partition coefficient (Wildman–Crippen LogP) is 5.96. The number of nitrogens with zero attached hydrogens (tertiary/aromatic N) is 4. The summed E-state index contributed by atoms with van der Waals surface area (Å²) in [5, 5.41) is 13.1. The van der Waals surface area contributed by atoms with Gasteiger partial charge in [-0.25, -0.2) is 8.78 Å². The van der Waals surface area contributed by atoms with Crippen LogP contribution in [-0.2, 0) is 18.4 Å². The molecule has 2 aromatic heterocycles. The van der Waals surface area contributed by atoms with Crippen molar-refractivity contribution in [2.24, 2.45) is 0 Å².